The van der Waals surface area contributed by atoms with Crippen molar-refractivity contribution in [2.24, 2.45) is 0 Å². The summed E-state index contributed by atoms with van der Waals surface area (Å²) in [6, 6.07) is 3.45. The average molecular weight is 374 g/mol. The zero-order valence-corrected chi connectivity index (χ0v) is 14.4. The molecule has 0 amide bonds. The van der Waals surface area contributed by atoms with E-state index >= 15 is 0 Å². The molecule has 0 radical (unpaired) electrons. The van der Waals surface area contributed by atoms with Gasteiger partial charge in [-0.05, 0) is 41.2 Å². The number of halogens is 1. The predicted octanol–water partition coefficient (Wildman–Crippen LogP) is 2.13. The van der Waals surface area contributed by atoms with Crippen LogP contribution in [0.5, 0.6) is 0 Å². The number of hydrogen-bond donors (Lipinski definition) is 0. The maximum Gasteiger partial charge on any atom is 0.281 e. The first-order chi connectivity index (χ1) is 10.1. The van der Waals surface area contributed by atoms with E-state index < -0.39 is 0 Å². The summed E-state index contributed by atoms with van der Waals surface area (Å²) in [4.78, 5) is 31.1. The lowest BCUT2D eigenvalue weighted by Crippen LogP contribution is -2.24. The van der Waals surface area contributed by atoms with Crippen LogP contribution in [0.4, 0.5) is 0 Å². The van der Waals surface area contributed by atoms with E-state index in [0.29, 0.717) is 21.6 Å². The van der Waals surface area contributed by atoms with Gasteiger partial charge in [-0.1, -0.05) is 11.8 Å². The molecule has 2 rings (SSSR count). The van der Waals surface area contributed by atoms with Gasteiger partial charge < -0.3 is 9.53 Å². The van der Waals surface area contributed by atoms with Gasteiger partial charge in [-0.15, -0.1) is 0 Å². The van der Waals surface area contributed by atoms with Crippen molar-refractivity contribution in [2.45, 2.75) is 18.6 Å². The number of fused-ring (bicyclic) bond motifs is 1. The predicted molar refractivity (Wildman–Crippen MR) is 86.9 cm³/mol. The molecule has 114 valence electrons. The quantitative estimate of drug-likeness (QED) is 0.353. The van der Waals surface area contributed by atoms with Crippen LogP contribution >= 0.6 is 27.7 Å². The van der Waals surface area contributed by atoms with Crippen LogP contribution in [0.15, 0.2) is 26.7 Å². The summed E-state index contributed by atoms with van der Waals surface area (Å²) in [6.07, 6.45) is 2.48. The Bertz CT molecular complexity index is 673. The lowest BCUT2D eigenvalue weighted by molar-refractivity contribution is -0.108. The standard InChI is InChI=1S/C10H8BrN3O2S.C3H8O/c1-17-10-12-6-2-3-7(11)13-8(6)9(16)14(10)4-5-15;1-3-4-2/h2-3,5H,4H2,1H3;3H2,1-2H3. The summed E-state index contributed by atoms with van der Waals surface area (Å²) >= 11 is 4.53. The largest absolute Gasteiger partial charge is 0.385 e. The molecule has 0 spiro atoms. The SMILES string of the molecule is CCOC.CSc1nc2ccc(Br)nc2c(=O)n1CC=O. The Balaban J connectivity index is 0.000000491. The molecule has 0 aliphatic heterocycles. The van der Waals surface area contributed by atoms with Gasteiger partial charge in [0, 0.05) is 13.7 Å². The first-order valence-corrected chi connectivity index (χ1v) is 8.14. The van der Waals surface area contributed by atoms with Crippen molar-refractivity contribution >= 4 is 45.0 Å². The van der Waals surface area contributed by atoms with E-state index in [4.69, 9.17) is 0 Å². The van der Waals surface area contributed by atoms with Crippen molar-refractivity contribution in [2.75, 3.05) is 20.0 Å². The van der Waals surface area contributed by atoms with Gasteiger partial charge in [0.15, 0.2) is 10.7 Å². The van der Waals surface area contributed by atoms with E-state index in [1.165, 1.54) is 16.3 Å². The maximum absolute atomic E-state index is 12.1. The molecular formula is C13H16BrN3O3S. The Hall–Kier alpha value is -1.25. The number of aldehydes is 1. The summed E-state index contributed by atoms with van der Waals surface area (Å²) in [5.41, 5.74) is 0.497. The molecule has 0 aliphatic rings. The molecule has 21 heavy (non-hydrogen) atoms. The third kappa shape index (κ3) is 4.62. The zero-order valence-electron chi connectivity index (χ0n) is 12.0. The molecule has 8 heteroatoms. The number of nitrogens with zero attached hydrogens (tertiary/aromatic N) is 3. The molecule has 2 aromatic heterocycles. The third-order valence-electron chi connectivity index (χ3n) is 2.46. The molecular weight excluding hydrogens is 358 g/mol. The van der Waals surface area contributed by atoms with Gasteiger partial charge in [0.05, 0.1) is 12.1 Å². The number of methoxy groups -OCH3 is 1. The number of rotatable bonds is 4. The normalized spacial score (nSPS) is 10.1. The molecule has 0 saturated carbocycles. The van der Waals surface area contributed by atoms with Crippen molar-refractivity contribution in [3.05, 3.63) is 27.1 Å². The Morgan fingerprint density at radius 2 is 2.10 bits per heavy atom. The van der Waals surface area contributed by atoms with Gasteiger partial charge in [-0.2, -0.15) is 0 Å². The molecule has 2 aromatic rings. The Morgan fingerprint density at radius 3 is 2.62 bits per heavy atom. The van der Waals surface area contributed by atoms with E-state index in [0.717, 1.165) is 6.61 Å². The van der Waals surface area contributed by atoms with E-state index in [-0.39, 0.29) is 17.6 Å². The maximum atomic E-state index is 12.1. The van der Waals surface area contributed by atoms with Crippen molar-refractivity contribution in [1.29, 1.82) is 0 Å². The van der Waals surface area contributed by atoms with Gasteiger partial charge in [0.25, 0.3) is 5.56 Å². The van der Waals surface area contributed by atoms with Crippen molar-refractivity contribution < 1.29 is 9.53 Å². The fraction of sp³-hybridized carbons (Fsp3) is 0.385. The second kappa shape index (κ2) is 8.91. The fourth-order valence-electron chi connectivity index (χ4n) is 1.45. The minimum atomic E-state index is -0.298. The lowest BCUT2D eigenvalue weighted by Gasteiger charge is -2.08. The number of ether oxygens (including phenoxy) is 1. The topological polar surface area (TPSA) is 74.1 Å². The lowest BCUT2D eigenvalue weighted by atomic mass is 10.3. The van der Waals surface area contributed by atoms with Gasteiger partial charge >= 0.3 is 0 Å². The van der Waals surface area contributed by atoms with E-state index in [2.05, 4.69) is 30.6 Å². The number of aromatic nitrogens is 3. The molecule has 0 unspecified atom stereocenters. The summed E-state index contributed by atoms with van der Waals surface area (Å²) in [5.74, 6) is 0. The Morgan fingerprint density at radius 1 is 1.43 bits per heavy atom. The fourth-order valence-corrected chi connectivity index (χ4v) is 2.32. The summed E-state index contributed by atoms with van der Waals surface area (Å²) in [7, 11) is 1.68. The van der Waals surface area contributed by atoms with Gasteiger partial charge in [0.1, 0.15) is 10.9 Å². The highest BCUT2D eigenvalue weighted by atomic mass is 79.9. The number of thioether (sulfide) groups is 1. The average Bonchev–Trinajstić information content (AvgIpc) is 2.50. The monoisotopic (exact) mass is 373 g/mol. The summed E-state index contributed by atoms with van der Waals surface area (Å²) in [6.45, 7) is 2.77. The molecule has 0 aliphatic carbocycles. The number of hydrogen-bond acceptors (Lipinski definition) is 6. The molecule has 0 fully saturated rings. The number of carbonyl (C=O) groups is 1. The van der Waals surface area contributed by atoms with Crippen molar-refractivity contribution in [3.63, 3.8) is 0 Å². The van der Waals surface area contributed by atoms with Crippen molar-refractivity contribution in [1.82, 2.24) is 14.5 Å². The Labute approximate surface area is 135 Å². The first kappa shape index (κ1) is 17.8. The summed E-state index contributed by atoms with van der Waals surface area (Å²) in [5, 5.41) is 0.513. The van der Waals surface area contributed by atoms with Gasteiger partial charge in [-0.25, -0.2) is 9.97 Å². The zero-order chi connectivity index (χ0) is 15.8. The number of carbonyl (C=O) groups excluding carboxylic acids is 1. The smallest absolute Gasteiger partial charge is 0.281 e. The third-order valence-corrected chi connectivity index (χ3v) is 3.58. The van der Waals surface area contributed by atoms with Gasteiger partial charge in [0.2, 0.25) is 0 Å². The van der Waals surface area contributed by atoms with Crippen molar-refractivity contribution in [3.8, 4) is 0 Å². The van der Waals surface area contributed by atoms with Crippen LogP contribution in [0, 0.1) is 0 Å². The second-order valence-electron chi connectivity index (χ2n) is 3.76. The van der Waals surface area contributed by atoms with Crippen LogP contribution in [-0.4, -0.2) is 40.8 Å². The minimum Gasteiger partial charge on any atom is -0.385 e. The second-order valence-corrected chi connectivity index (χ2v) is 5.35. The van der Waals surface area contributed by atoms with Crippen LogP contribution in [-0.2, 0) is 16.1 Å². The molecule has 0 bridgehead atoms. The summed E-state index contributed by atoms with van der Waals surface area (Å²) < 4.78 is 6.43. The highest BCUT2D eigenvalue weighted by Crippen LogP contribution is 2.15. The number of pyridine rings is 1. The minimum absolute atomic E-state index is 0.00780. The highest BCUT2D eigenvalue weighted by molar-refractivity contribution is 9.10. The molecule has 0 N–H and O–H groups in total. The van der Waals surface area contributed by atoms with E-state index in [1.807, 2.05) is 6.92 Å². The van der Waals surface area contributed by atoms with Crippen LogP contribution in [0.25, 0.3) is 11.0 Å². The van der Waals surface area contributed by atoms with E-state index in [9.17, 15) is 9.59 Å². The van der Waals surface area contributed by atoms with Crippen LogP contribution in [0.1, 0.15) is 6.92 Å². The van der Waals surface area contributed by atoms with Crippen LogP contribution in [0.3, 0.4) is 0 Å². The van der Waals surface area contributed by atoms with E-state index in [1.54, 1.807) is 25.5 Å². The Kier molecular flexibility index (Phi) is 7.55. The molecule has 0 atom stereocenters. The highest BCUT2D eigenvalue weighted by Gasteiger charge is 2.11. The molecule has 2 heterocycles. The molecule has 6 nitrogen and oxygen atoms in total. The molecule has 0 saturated heterocycles. The van der Waals surface area contributed by atoms with Crippen LogP contribution < -0.4 is 5.56 Å². The van der Waals surface area contributed by atoms with Crippen LogP contribution in [0.2, 0.25) is 0 Å². The first-order valence-electron chi connectivity index (χ1n) is 6.12. The van der Waals surface area contributed by atoms with Gasteiger partial charge in [-0.3, -0.25) is 9.36 Å². The molecule has 0 aromatic carbocycles.